The number of ether oxygens (including phenoxy) is 1. The number of aliphatic carboxylic acids is 2. The van der Waals surface area contributed by atoms with E-state index in [4.69, 9.17) is 32.1 Å². The normalized spacial score (nSPS) is 15.2. The molecular weight excluding hydrogens is 1370 g/mol. The quantitative estimate of drug-likeness (QED) is 0.0120. The van der Waals surface area contributed by atoms with Gasteiger partial charge in [-0.25, -0.2) is 9.59 Å². The second-order valence-electron chi connectivity index (χ2n) is 24.6. The Labute approximate surface area is 588 Å². The van der Waals surface area contributed by atoms with Gasteiger partial charge in [-0.15, -0.1) is 12.6 Å². The van der Waals surface area contributed by atoms with Crippen LogP contribution in [0.3, 0.4) is 0 Å². The zero-order chi connectivity index (χ0) is 74.5. The highest BCUT2D eigenvalue weighted by atomic mass is 32.2. The summed E-state index contributed by atoms with van der Waals surface area (Å²) < 4.78 is 103. The molecule has 0 saturated heterocycles. The molecule has 4 amide bonds. The second kappa shape index (κ2) is 40.0. The molecule has 27 nitrogen and oxygen atoms in total. The van der Waals surface area contributed by atoms with Crippen LogP contribution < -0.4 is 26.2 Å². The van der Waals surface area contributed by atoms with Crippen molar-refractivity contribution in [1.82, 2.24) is 21.3 Å². The summed E-state index contributed by atoms with van der Waals surface area (Å²) in [6.07, 6.45) is 15.1. The third-order valence-corrected chi connectivity index (χ3v) is 18.6. The average molecular weight is 1460 g/mol. The number of carboxylic acids is 2. The largest absolute Gasteiger partial charge is 0.493 e. The molecule has 3 aliphatic rings. The molecule has 8 N–H and O–H groups in total. The lowest BCUT2D eigenvalue weighted by Gasteiger charge is -2.24. The number of nitrogens with zero attached hydrogens (tertiary/aromatic N) is 2. The van der Waals surface area contributed by atoms with E-state index in [0.717, 1.165) is 88.3 Å². The number of carboxylic acid groups (broad SMARTS) is 2. The third kappa shape index (κ3) is 25.8. The molecule has 0 saturated carbocycles. The van der Waals surface area contributed by atoms with Gasteiger partial charge >= 0.3 is 34.7 Å². The van der Waals surface area contributed by atoms with Crippen molar-refractivity contribution in [3.63, 3.8) is 0 Å². The van der Waals surface area contributed by atoms with Crippen molar-refractivity contribution in [2.45, 2.75) is 171 Å². The molecule has 3 heterocycles. The fraction of sp³-hybridized carbons (Fsp3) is 0.423. The van der Waals surface area contributed by atoms with Crippen LogP contribution in [0.15, 0.2) is 142 Å². The van der Waals surface area contributed by atoms with Gasteiger partial charge in [-0.3, -0.25) is 33.1 Å². The van der Waals surface area contributed by atoms with Gasteiger partial charge < -0.3 is 41.1 Å². The number of carbonyl (C=O) groups is 7. The lowest BCUT2D eigenvalue weighted by molar-refractivity contribution is -0.438. The van der Waals surface area contributed by atoms with Gasteiger partial charge in [-0.05, 0) is 136 Å². The molecule has 101 heavy (non-hydrogen) atoms. The monoisotopic (exact) mass is 1460 g/mol. The van der Waals surface area contributed by atoms with E-state index in [1.165, 1.54) is 24.3 Å². The number of anilines is 1. The van der Waals surface area contributed by atoms with Crippen molar-refractivity contribution < 1.29 is 101 Å². The zero-order valence-electron chi connectivity index (χ0n) is 56.7. The van der Waals surface area contributed by atoms with Crippen molar-refractivity contribution in [2.75, 3.05) is 37.7 Å². The molecule has 3 aliphatic heterocycles. The van der Waals surface area contributed by atoms with E-state index < -0.39 is 72.7 Å². The highest BCUT2D eigenvalue weighted by Crippen LogP contribution is 2.43. The Morgan fingerprint density at radius 1 is 0.713 bits per heavy atom. The summed E-state index contributed by atoms with van der Waals surface area (Å²) in [7, 11) is -12.0. The molecule has 7 rings (SSSR count). The summed E-state index contributed by atoms with van der Waals surface area (Å²) in [5.74, 6) is -3.04. The number of fused-ring (bicyclic) bond motifs is 2. The van der Waals surface area contributed by atoms with Crippen molar-refractivity contribution in [2.24, 2.45) is 0 Å². The minimum absolute atomic E-state index is 0.0567. The molecule has 0 aromatic heterocycles. The Balaban J connectivity index is 0.00000251. The summed E-state index contributed by atoms with van der Waals surface area (Å²) in [4.78, 5) is 106. The van der Waals surface area contributed by atoms with Gasteiger partial charge in [0.2, 0.25) is 11.6 Å². The first-order valence-corrected chi connectivity index (χ1v) is 36.9. The third-order valence-electron chi connectivity index (χ3n) is 16.9. The molecule has 0 radical (unpaired) electrons. The first kappa shape index (κ1) is 82.1. The average Bonchev–Trinajstić information content (AvgIpc) is 1.59. The number of carbonyl (C=O) groups excluding carboxylic acids is 7. The van der Waals surface area contributed by atoms with Crippen LogP contribution in [0.1, 0.15) is 163 Å². The highest BCUT2D eigenvalue weighted by Gasteiger charge is 2.45. The van der Waals surface area contributed by atoms with Crippen molar-refractivity contribution in [1.29, 1.82) is 0 Å². The maximum absolute atomic E-state index is 13.8. The van der Waals surface area contributed by atoms with Crippen LogP contribution in [-0.4, -0.2) is 151 Å². The number of Topliss-reactive ketones (excluding diaryl/α,β-unsaturated/α-hetero) is 2. The van der Waals surface area contributed by atoms with Gasteiger partial charge in [0, 0.05) is 111 Å². The smallest absolute Gasteiger partial charge is 0.425 e. The first-order chi connectivity index (χ1) is 47.9. The number of benzene rings is 4. The minimum atomic E-state index is -4.48. The van der Waals surface area contributed by atoms with E-state index in [1.807, 2.05) is 68.5 Å². The Morgan fingerprint density at radius 3 is 1.98 bits per heavy atom. The highest BCUT2D eigenvalue weighted by molar-refractivity contribution is 7.86. The van der Waals surface area contributed by atoms with Gasteiger partial charge in [0.1, 0.15) is 24.1 Å². The lowest BCUT2D eigenvalue weighted by atomic mass is 9.81. The van der Waals surface area contributed by atoms with E-state index >= 15 is 0 Å². The number of amides is 4. The number of unbranched alkanes of at least 4 members (excludes halogenated alkanes) is 4. The molecule has 2 atom stereocenters. The minimum Gasteiger partial charge on any atom is -0.493 e. The molecule has 30 heteroatoms. The van der Waals surface area contributed by atoms with Crippen LogP contribution in [0.2, 0.25) is 0 Å². The lowest BCUT2D eigenvalue weighted by Crippen LogP contribution is -2.46. The van der Waals surface area contributed by atoms with Crippen molar-refractivity contribution in [3.05, 3.63) is 160 Å². The molecule has 0 bridgehead atoms. The molecule has 0 aliphatic carbocycles. The maximum Gasteiger partial charge on any atom is 0.425 e. The topological polar surface area (TPSA) is 418 Å². The summed E-state index contributed by atoms with van der Waals surface area (Å²) >= 11 is 0. The number of ketones is 2. The Kier molecular flexibility index (Phi) is 32.5. The SMILES string of the molecule is CCCCCN1C(=CC=C2OCCC(C=CC3=[N+](CCCC)c4ccc(S(=O)(=O)O)cc4C3(C)C)=C2c2ccc(C(=O)NCCCC(=O)[C@H](Cc3ccccc3)NC(=O)CCCCC(=O)CCCNC(=O)N[C@H](CCC(=O)O)C(=O)O)cc2)Cc2cc(S(=O)(=O)O)ccc21.O=C=O.O=S(=O)=O. The molecule has 4 aromatic rings. The molecular formula is C71H87N6O21S3+. The molecule has 0 unspecified atom stereocenters. The molecule has 4 aromatic carbocycles. The molecule has 0 spiro atoms. The summed E-state index contributed by atoms with van der Waals surface area (Å²) in [6.45, 7) is 10.2. The van der Waals surface area contributed by atoms with Crippen LogP contribution in [0.4, 0.5) is 16.2 Å². The number of hydrogen-bond donors (Lipinski definition) is 8. The van der Waals surface area contributed by atoms with Crippen molar-refractivity contribution in [3.8, 4) is 0 Å². The number of rotatable bonds is 36. The van der Waals surface area contributed by atoms with Gasteiger partial charge in [-0.2, -0.15) is 31.0 Å². The number of nitrogens with one attached hydrogen (secondary N) is 4. The number of urea groups is 1. The van der Waals surface area contributed by atoms with Crippen LogP contribution >= 0.6 is 0 Å². The van der Waals surface area contributed by atoms with Gasteiger partial charge in [-0.1, -0.05) is 81.7 Å². The van der Waals surface area contributed by atoms with Crippen LogP contribution in [-0.2, 0) is 87.4 Å². The predicted molar refractivity (Wildman–Crippen MR) is 371 cm³/mol. The fourth-order valence-corrected chi connectivity index (χ4v) is 12.9. The predicted octanol–water partition coefficient (Wildman–Crippen LogP) is 8.55. The zero-order valence-corrected chi connectivity index (χ0v) is 59.2. The summed E-state index contributed by atoms with van der Waals surface area (Å²) in [6, 6.07) is 22.7. The molecule has 0 fully saturated rings. The first-order valence-electron chi connectivity index (χ1n) is 33.0. The standard InChI is InChI=1S/C70H86N6O16S2.CO2.O3S/c1-5-7-14-41-75-52(44-51-45-54(93(86,87)88)29-32-59(51)75)28-34-62-66(49(37-42-92-62)27-35-63-70(3,4)56-46-55(94(89,90)91)30-33-60(56)76(63)40-8-6-2)48-23-25-50(26-24-48)67(82)71-38-16-21-61(78)58(43-47-17-10-9-11-18-47)73-64(79)22-13-12-19-53(77)20-15-39-72-69(85)74-57(68(83)84)31-36-65(80)81;2-1-3;1-4(2)3/h9-11,17-18,23-30,32-35,45-46,57-58H,5-8,12-16,19-22,31,36-44H2,1-4H3,(H7-,71,72,73,74,79,80,81,82,83,84,85,86,87,88,89,90,91);;/p+1/t57-,58+;;/m1../s1. The van der Waals surface area contributed by atoms with Gasteiger partial charge in [0.25, 0.3) is 26.1 Å². The van der Waals surface area contributed by atoms with Gasteiger partial charge in [0.15, 0.2) is 11.5 Å². The Hall–Kier alpha value is -9.58. The molecule has 544 valence electrons. The second-order valence-corrected chi connectivity index (χ2v) is 27.8. The van der Waals surface area contributed by atoms with E-state index in [9.17, 15) is 64.6 Å². The van der Waals surface area contributed by atoms with E-state index in [1.54, 1.807) is 24.3 Å². The maximum atomic E-state index is 13.8. The van der Waals surface area contributed by atoms with E-state index in [0.29, 0.717) is 56.7 Å². The fourth-order valence-electron chi connectivity index (χ4n) is 11.8. The number of hydrogen-bond acceptors (Lipinski definition) is 18. The summed E-state index contributed by atoms with van der Waals surface area (Å²) in [5.41, 5.74) is 8.00. The van der Waals surface area contributed by atoms with Crippen LogP contribution in [0, 0.1) is 0 Å². The summed E-state index contributed by atoms with van der Waals surface area (Å²) in [5, 5.41) is 28.6. The van der Waals surface area contributed by atoms with E-state index in [2.05, 4.69) is 56.7 Å². The van der Waals surface area contributed by atoms with Crippen LogP contribution in [0.25, 0.3) is 5.57 Å². The number of allylic oxidation sites excluding steroid dienone is 6. The Morgan fingerprint density at radius 2 is 1.34 bits per heavy atom. The van der Waals surface area contributed by atoms with Crippen molar-refractivity contribution >= 4 is 101 Å². The Bertz CT molecular complexity index is 4190. The van der Waals surface area contributed by atoms with Gasteiger partial charge in [0.05, 0.1) is 27.9 Å². The van der Waals surface area contributed by atoms with E-state index in [-0.39, 0.29) is 104 Å². The van der Waals surface area contributed by atoms with Crippen LogP contribution in [0.5, 0.6) is 0 Å².